The van der Waals surface area contributed by atoms with E-state index in [9.17, 15) is 27.6 Å². The van der Waals surface area contributed by atoms with Crippen LogP contribution in [0.2, 0.25) is 0 Å². The molecular weight excluding hydrogens is 542 g/mol. The first-order chi connectivity index (χ1) is 19.6. The average Bonchev–Trinajstić information content (AvgIpc) is 2.98. The number of rotatable bonds is 8. The van der Waals surface area contributed by atoms with Gasteiger partial charge in [-0.1, -0.05) is 13.0 Å². The number of benzene rings is 2. The van der Waals surface area contributed by atoms with Crippen LogP contribution >= 0.6 is 0 Å². The average molecular weight is 572 g/mol. The van der Waals surface area contributed by atoms with Gasteiger partial charge in [-0.25, -0.2) is 19.2 Å². The van der Waals surface area contributed by atoms with Gasteiger partial charge in [-0.2, -0.15) is 18.4 Å². The maximum absolute atomic E-state index is 13.7. The van der Waals surface area contributed by atoms with Gasteiger partial charge in [0.2, 0.25) is 5.95 Å². The van der Waals surface area contributed by atoms with Crippen molar-refractivity contribution in [2.45, 2.75) is 58.2 Å². The molecule has 2 unspecified atom stereocenters. The Balaban J connectivity index is 1.90. The van der Waals surface area contributed by atoms with Gasteiger partial charge in [0.25, 0.3) is 0 Å². The van der Waals surface area contributed by atoms with Crippen LogP contribution in [0.15, 0.2) is 48.8 Å². The Bertz CT molecular complexity index is 1430. The molecule has 1 aliphatic rings. The van der Waals surface area contributed by atoms with Crippen LogP contribution < -0.4 is 14.5 Å². The number of aromatic nitrogens is 2. The van der Waals surface area contributed by atoms with Crippen molar-refractivity contribution in [2.24, 2.45) is 0 Å². The van der Waals surface area contributed by atoms with E-state index < -0.39 is 30.5 Å². The number of hydrogen-bond donors (Lipinski definition) is 0. The van der Waals surface area contributed by atoms with E-state index in [2.05, 4.69) is 9.97 Å². The van der Waals surface area contributed by atoms with E-state index in [-0.39, 0.29) is 41.8 Å². The quantitative estimate of drug-likeness (QED) is 0.277. The largest absolute Gasteiger partial charge is 0.497 e. The van der Waals surface area contributed by atoms with Gasteiger partial charge in [-0.05, 0) is 61.2 Å². The standard InChI is InChI=1S/C29H29F4N5O3/c1-4-22-11-26(24-12-23(40-3)6-7-25(24)38(22)28(39)41-5-2)37(27-35-15-20(14-34)16-36-27)17-19-8-18(13-30)9-21(10-19)29(31,32)33/h6-10,12,15-16,22,26H,4-5,11,13,17H2,1-3H3. The molecule has 41 heavy (non-hydrogen) atoms. The highest BCUT2D eigenvalue weighted by Gasteiger charge is 2.40. The Morgan fingerprint density at radius 3 is 2.44 bits per heavy atom. The van der Waals surface area contributed by atoms with Crippen molar-refractivity contribution >= 4 is 17.7 Å². The van der Waals surface area contributed by atoms with Crippen LogP contribution in [0.3, 0.4) is 0 Å². The lowest BCUT2D eigenvalue weighted by Gasteiger charge is -2.44. The molecule has 0 radical (unpaired) electrons. The van der Waals surface area contributed by atoms with Crippen LogP contribution in [0, 0.1) is 11.3 Å². The fraction of sp³-hybridized carbons (Fsp3) is 0.379. The number of ether oxygens (including phenoxy) is 2. The summed E-state index contributed by atoms with van der Waals surface area (Å²) >= 11 is 0. The van der Waals surface area contributed by atoms with E-state index in [0.717, 1.165) is 12.1 Å². The fourth-order valence-electron chi connectivity index (χ4n) is 5.06. The van der Waals surface area contributed by atoms with E-state index in [1.54, 1.807) is 34.9 Å². The lowest BCUT2D eigenvalue weighted by atomic mass is 9.88. The number of hydrogen-bond acceptors (Lipinski definition) is 7. The van der Waals surface area contributed by atoms with Crippen molar-refractivity contribution in [2.75, 3.05) is 23.5 Å². The lowest BCUT2D eigenvalue weighted by molar-refractivity contribution is -0.137. The topological polar surface area (TPSA) is 91.6 Å². The Hall–Kier alpha value is -4.40. The first-order valence-electron chi connectivity index (χ1n) is 13.0. The molecule has 0 saturated carbocycles. The van der Waals surface area contributed by atoms with Crippen molar-refractivity contribution in [3.63, 3.8) is 0 Å². The Morgan fingerprint density at radius 2 is 1.85 bits per heavy atom. The van der Waals surface area contributed by atoms with Crippen molar-refractivity contribution in [1.29, 1.82) is 5.26 Å². The predicted octanol–water partition coefficient (Wildman–Crippen LogP) is 6.74. The van der Waals surface area contributed by atoms with Crippen molar-refractivity contribution < 1.29 is 31.8 Å². The van der Waals surface area contributed by atoms with Gasteiger partial charge in [0.15, 0.2) is 0 Å². The highest BCUT2D eigenvalue weighted by Crippen LogP contribution is 2.45. The Morgan fingerprint density at radius 1 is 1.15 bits per heavy atom. The number of amides is 1. The van der Waals surface area contributed by atoms with Gasteiger partial charge < -0.3 is 14.4 Å². The van der Waals surface area contributed by atoms with E-state index in [4.69, 9.17) is 9.47 Å². The number of fused-ring (bicyclic) bond motifs is 1. The van der Waals surface area contributed by atoms with Gasteiger partial charge >= 0.3 is 12.3 Å². The molecule has 0 N–H and O–H groups in total. The Kier molecular flexibility index (Phi) is 8.95. The summed E-state index contributed by atoms with van der Waals surface area (Å²) in [6, 6.07) is 9.44. The molecule has 0 fully saturated rings. The van der Waals surface area contributed by atoms with Gasteiger partial charge in [0, 0.05) is 18.2 Å². The number of carbonyl (C=O) groups is 1. The SMILES string of the molecule is CCOC(=O)N1c2ccc(OC)cc2C(N(Cc2cc(CF)cc(C(F)(F)F)c2)c2ncc(C#N)cn2)CC1CC. The van der Waals surface area contributed by atoms with Crippen LogP contribution in [-0.2, 0) is 24.1 Å². The fourth-order valence-corrected chi connectivity index (χ4v) is 5.06. The molecule has 0 spiro atoms. The lowest BCUT2D eigenvalue weighted by Crippen LogP contribution is -2.48. The van der Waals surface area contributed by atoms with E-state index >= 15 is 0 Å². The molecule has 0 bridgehead atoms. The second-order valence-electron chi connectivity index (χ2n) is 9.49. The summed E-state index contributed by atoms with van der Waals surface area (Å²) < 4.78 is 65.5. The van der Waals surface area contributed by atoms with Crippen LogP contribution in [0.25, 0.3) is 0 Å². The van der Waals surface area contributed by atoms with E-state index in [1.165, 1.54) is 25.6 Å². The third kappa shape index (κ3) is 6.34. The molecule has 2 heterocycles. The summed E-state index contributed by atoms with van der Waals surface area (Å²) in [4.78, 5) is 25.0. The molecule has 8 nitrogen and oxygen atoms in total. The van der Waals surface area contributed by atoms with Gasteiger partial charge in [0.1, 0.15) is 18.5 Å². The highest BCUT2D eigenvalue weighted by molar-refractivity contribution is 5.90. The maximum Gasteiger partial charge on any atom is 0.416 e. The number of alkyl halides is 4. The van der Waals surface area contributed by atoms with Crippen LogP contribution in [0.4, 0.5) is 34.0 Å². The summed E-state index contributed by atoms with van der Waals surface area (Å²) in [7, 11) is 1.50. The summed E-state index contributed by atoms with van der Waals surface area (Å²) in [5, 5.41) is 9.25. The third-order valence-electron chi connectivity index (χ3n) is 6.94. The molecule has 12 heteroatoms. The molecule has 4 rings (SSSR count). The zero-order valence-corrected chi connectivity index (χ0v) is 22.8. The molecular formula is C29H29F4N5O3. The van der Waals surface area contributed by atoms with E-state index in [1.807, 2.05) is 13.0 Å². The monoisotopic (exact) mass is 571 g/mol. The normalized spacial score (nSPS) is 16.5. The highest BCUT2D eigenvalue weighted by atomic mass is 19.4. The van der Waals surface area contributed by atoms with E-state index in [0.29, 0.717) is 29.8 Å². The van der Waals surface area contributed by atoms with Crippen LogP contribution in [0.1, 0.15) is 60.5 Å². The zero-order valence-electron chi connectivity index (χ0n) is 22.8. The number of halogens is 4. The van der Waals surface area contributed by atoms with Gasteiger partial charge in [-0.3, -0.25) is 4.90 Å². The zero-order chi connectivity index (χ0) is 29.7. The summed E-state index contributed by atoms with van der Waals surface area (Å²) in [5.74, 6) is 0.661. The molecule has 2 aromatic carbocycles. The first-order valence-corrected chi connectivity index (χ1v) is 13.0. The summed E-state index contributed by atoms with van der Waals surface area (Å²) in [6.07, 6.45) is -1.63. The second-order valence-corrected chi connectivity index (χ2v) is 9.49. The maximum atomic E-state index is 13.7. The molecule has 1 aromatic heterocycles. The summed E-state index contributed by atoms with van der Waals surface area (Å²) in [6.45, 7) is 2.63. The minimum atomic E-state index is -4.67. The molecule has 0 saturated heterocycles. The van der Waals surface area contributed by atoms with Crippen LogP contribution in [0.5, 0.6) is 5.75 Å². The molecule has 1 aliphatic heterocycles. The van der Waals surface area contributed by atoms with Crippen LogP contribution in [-0.4, -0.2) is 35.8 Å². The minimum absolute atomic E-state index is 0.110. The number of anilines is 2. The smallest absolute Gasteiger partial charge is 0.416 e. The molecule has 0 aliphatic carbocycles. The predicted molar refractivity (Wildman–Crippen MR) is 143 cm³/mol. The van der Waals surface area contributed by atoms with Gasteiger partial charge in [-0.15, -0.1) is 0 Å². The third-order valence-corrected chi connectivity index (χ3v) is 6.94. The van der Waals surface area contributed by atoms with Crippen molar-refractivity contribution in [1.82, 2.24) is 9.97 Å². The number of methoxy groups -OCH3 is 1. The number of nitriles is 1. The number of carbonyl (C=O) groups excluding carboxylic acids is 1. The first kappa shape index (κ1) is 29.6. The molecule has 216 valence electrons. The minimum Gasteiger partial charge on any atom is -0.497 e. The summed E-state index contributed by atoms with van der Waals surface area (Å²) in [5.41, 5.74) is 0.534. The van der Waals surface area contributed by atoms with Crippen molar-refractivity contribution in [3.05, 3.63) is 76.6 Å². The van der Waals surface area contributed by atoms with Gasteiger partial charge in [0.05, 0.1) is 49.0 Å². The molecule has 1 amide bonds. The Labute approximate surface area is 235 Å². The van der Waals surface area contributed by atoms with Crippen molar-refractivity contribution in [3.8, 4) is 11.8 Å². The number of nitrogens with zero attached hydrogens (tertiary/aromatic N) is 5. The molecule has 3 aromatic rings. The second kappa shape index (κ2) is 12.4. The molecule has 2 atom stereocenters.